The highest BCUT2D eigenvalue weighted by atomic mass is 16.5. The van der Waals surface area contributed by atoms with Crippen molar-refractivity contribution in [1.82, 2.24) is 15.5 Å². The highest BCUT2D eigenvalue weighted by molar-refractivity contribution is 6.35. The van der Waals surface area contributed by atoms with Gasteiger partial charge in [0.2, 0.25) is 0 Å². The molecule has 1 heterocycles. The van der Waals surface area contributed by atoms with Crippen LogP contribution in [0.4, 0.5) is 0 Å². The number of hydrogen-bond donors (Lipinski definition) is 2. The van der Waals surface area contributed by atoms with Gasteiger partial charge in [-0.25, -0.2) is 0 Å². The SMILES string of the molecule is CC(C)CNC(=O)C(=O)NCCN1CCOC(c2ccccc2)C1. The van der Waals surface area contributed by atoms with E-state index in [-0.39, 0.29) is 6.10 Å². The van der Waals surface area contributed by atoms with Gasteiger partial charge in [0.05, 0.1) is 12.7 Å². The Kier molecular flexibility index (Phi) is 7.21. The molecular formula is C18H27N3O3. The van der Waals surface area contributed by atoms with E-state index in [1.165, 1.54) is 5.56 Å². The molecule has 2 N–H and O–H groups in total. The summed E-state index contributed by atoms with van der Waals surface area (Å²) < 4.78 is 5.82. The summed E-state index contributed by atoms with van der Waals surface area (Å²) in [5.41, 5.74) is 1.17. The monoisotopic (exact) mass is 333 g/mol. The molecule has 6 heteroatoms. The number of nitrogens with zero attached hydrogens (tertiary/aromatic N) is 1. The van der Waals surface area contributed by atoms with Gasteiger partial charge in [0.1, 0.15) is 0 Å². The van der Waals surface area contributed by atoms with Crippen LogP contribution < -0.4 is 10.6 Å². The Morgan fingerprint density at radius 2 is 1.92 bits per heavy atom. The fraction of sp³-hybridized carbons (Fsp3) is 0.556. The summed E-state index contributed by atoms with van der Waals surface area (Å²) in [6, 6.07) is 10.1. The third kappa shape index (κ3) is 5.94. The van der Waals surface area contributed by atoms with Crippen molar-refractivity contribution in [3.05, 3.63) is 35.9 Å². The third-order valence-corrected chi connectivity index (χ3v) is 3.91. The van der Waals surface area contributed by atoms with Crippen molar-refractivity contribution in [3.63, 3.8) is 0 Å². The Bertz CT molecular complexity index is 534. The van der Waals surface area contributed by atoms with Crippen molar-refractivity contribution < 1.29 is 14.3 Å². The molecule has 1 aromatic rings. The van der Waals surface area contributed by atoms with Gasteiger partial charge in [-0.2, -0.15) is 0 Å². The Morgan fingerprint density at radius 1 is 1.21 bits per heavy atom. The van der Waals surface area contributed by atoms with Gasteiger partial charge in [-0.15, -0.1) is 0 Å². The first-order chi connectivity index (χ1) is 11.6. The summed E-state index contributed by atoms with van der Waals surface area (Å²) in [5, 5.41) is 5.29. The zero-order valence-corrected chi connectivity index (χ0v) is 14.5. The number of rotatable bonds is 6. The second kappa shape index (κ2) is 9.39. The Labute approximate surface area is 143 Å². The first-order valence-corrected chi connectivity index (χ1v) is 8.51. The molecule has 2 amide bonds. The van der Waals surface area contributed by atoms with Crippen LogP contribution in [0.5, 0.6) is 0 Å². The van der Waals surface area contributed by atoms with E-state index < -0.39 is 11.8 Å². The molecule has 0 radical (unpaired) electrons. The lowest BCUT2D eigenvalue weighted by molar-refractivity contribution is -0.139. The fourth-order valence-electron chi connectivity index (χ4n) is 2.56. The molecule has 1 atom stereocenters. The van der Waals surface area contributed by atoms with E-state index >= 15 is 0 Å². The quantitative estimate of drug-likeness (QED) is 0.761. The van der Waals surface area contributed by atoms with Crippen molar-refractivity contribution in [2.24, 2.45) is 5.92 Å². The van der Waals surface area contributed by atoms with Crippen LogP contribution in [-0.2, 0) is 14.3 Å². The fourth-order valence-corrected chi connectivity index (χ4v) is 2.56. The van der Waals surface area contributed by atoms with Crippen LogP contribution in [0.3, 0.4) is 0 Å². The second-order valence-electron chi connectivity index (χ2n) is 6.43. The highest BCUT2D eigenvalue weighted by Gasteiger charge is 2.22. The maximum absolute atomic E-state index is 11.7. The number of benzene rings is 1. The lowest BCUT2D eigenvalue weighted by atomic mass is 10.1. The van der Waals surface area contributed by atoms with Crippen molar-refractivity contribution in [2.75, 3.05) is 39.3 Å². The minimum Gasteiger partial charge on any atom is -0.371 e. The molecule has 1 unspecified atom stereocenters. The number of ether oxygens (including phenoxy) is 1. The predicted molar refractivity (Wildman–Crippen MR) is 92.4 cm³/mol. The number of amides is 2. The van der Waals surface area contributed by atoms with Crippen LogP contribution in [-0.4, -0.2) is 56.0 Å². The number of nitrogens with one attached hydrogen (secondary N) is 2. The molecule has 2 rings (SSSR count). The lowest BCUT2D eigenvalue weighted by Crippen LogP contribution is -2.46. The highest BCUT2D eigenvalue weighted by Crippen LogP contribution is 2.21. The molecule has 0 saturated carbocycles. The Morgan fingerprint density at radius 3 is 2.62 bits per heavy atom. The Balaban J connectivity index is 1.70. The van der Waals surface area contributed by atoms with Gasteiger partial charge >= 0.3 is 11.8 Å². The molecular weight excluding hydrogens is 306 g/mol. The third-order valence-electron chi connectivity index (χ3n) is 3.91. The average Bonchev–Trinajstić information content (AvgIpc) is 2.60. The minimum atomic E-state index is -0.566. The molecule has 1 aromatic carbocycles. The largest absolute Gasteiger partial charge is 0.371 e. The van der Waals surface area contributed by atoms with Gasteiger partial charge in [0, 0.05) is 32.7 Å². The zero-order chi connectivity index (χ0) is 17.4. The smallest absolute Gasteiger partial charge is 0.309 e. The normalized spacial score (nSPS) is 18.4. The predicted octanol–water partition coefficient (Wildman–Crippen LogP) is 0.948. The number of morpholine rings is 1. The van der Waals surface area contributed by atoms with Crippen LogP contribution in [0, 0.1) is 5.92 Å². The average molecular weight is 333 g/mol. The molecule has 132 valence electrons. The summed E-state index contributed by atoms with van der Waals surface area (Å²) in [4.78, 5) is 25.6. The minimum absolute atomic E-state index is 0.0602. The van der Waals surface area contributed by atoms with E-state index in [1.54, 1.807) is 0 Å². The van der Waals surface area contributed by atoms with E-state index in [9.17, 15) is 9.59 Å². The van der Waals surface area contributed by atoms with E-state index in [0.717, 1.165) is 13.1 Å². The molecule has 0 spiro atoms. The maximum Gasteiger partial charge on any atom is 0.309 e. The number of carbonyl (C=O) groups excluding carboxylic acids is 2. The van der Waals surface area contributed by atoms with Crippen LogP contribution in [0.25, 0.3) is 0 Å². The van der Waals surface area contributed by atoms with Crippen molar-refractivity contribution in [1.29, 1.82) is 0 Å². The van der Waals surface area contributed by atoms with Gasteiger partial charge in [-0.3, -0.25) is 14.5 Å². The van der Waals surface area contributed by atoms with Crippen LogP contribution in [0.2, 0.25) is 0 Å². The maximum atomic E-state index is 11.7. The van der Waals surface area contributed by atoms with Crippen LogP contribution in [0.1, 0.15) is 25.5 Å². The molecule has 0 aliphatic carbocycles. The van der Waals surface area contributed by atoms with Gasteiger partial charge in [0.25, 0.3) is 0 Å². The molecule has 6 nitrogen and oxygen atoms in total. The van der Waals surface area contributed by atoms with Gasteiger partial charge < -0.3 is 15.4 Å². The summed E-state index contributed by atoms with van der Waals surface area (Å²) in [7, 11) is 0. The molecule has 0 bridgehead atoms. The molecule has 1 aliphatic heterocycles. The lowest BCUT2D eigenvalue weighted by Gasteiger charge is -2.33. The topological polar surface area (TPSA) is 70.7 Å². The standard InChI is InChI=1S/C18H27N3O3/c1-14(2)12-20-18(23)17(22)19-8-9-21-10-11-24-16(13-21)15-6-4-3-5-7-15/h3-7,14,16H,8-13H2,1-2H3,(H,19,22)(H,20,23). The zero-order valence-electron chi connectivity index (χ0n) is 14.5. The Hall–Kier alpha value is -1.92. The van der Waals surface area contributed by atoms with E-state index in [2.05, 4.69) is 27.7 Å². The summed E-state index contributed by atoms with van der Waals surface area (Å²) >= 11 is 0. The summed E-state index contributed by atoms with van der Waals surface area (Å²) in [6.45, 7) is 7.93. The molecule has 1 saturated heterocycles. The summed E-state index contributed by atoms with van der Waals surface area (Å²) in [6.07, 6.45) is 0.0602. The molecule has 1 fully saturated rings. The van der Waals surface area contributed by atoms with Gasteiger partial charge in [-0.1, -0.05) is 44.2 Å². The van der Waals surface area contributed by atoms with Crippen molar-refractivity contribution in [2.45, 2.75) is 20.0 Å². The van der Waals surface area contributed by atoms with Gasteiger partial charge in [0.15, 0.2) is 0 Å². The van der Waals surface area contributed by atoms with Crippen LogP contribution >= 0.6 is 0 Å². The van der Waals surface area contributed by atoms with Crippen molar-refractivity contribution in [3.8, 4) is 0 Å². The number of carbonyl (C=O) groups is 2. The molecule has 0 aromatic heterocycles. The number of hydrogen-bond acceptors (Lipinski definition) is 4. The molecule has 24 heavy (non-hydrogen) atoms. The van der Waals surface area contributed by atoms with E-state index in [0.29, 0.717) is 32.2 Å². The van der Waals surface area contributed by atoms with Gasteiger partial charge in [-0.05, 0) is 11.5 Å². The van der Waals surface area contributed by atoms with Crippen molar-refractivity contribution >= 4 is 11.8 Å². The van der Waals surface area contributed by atoms with Crippen LogP contribution in [0.15, 0.2) is 30.3 Å². The first kappa shape index (κ1) is 18.4. The van der Waals surface area contributed by atoms with E-state index in [1.807, 2.05) is 32.0 Å². The molecule has 1 aliphatic rings. The summed E-state index contributed by atoms with van der Waals surface area (Å²) in [5.74, 6) is -0.804. The van der Waals surface area contributed by atoms with E-state index in [4.69, 9.17) is 4.74 Å². The second-order valence-corrected chi connectivity index (χ2v) is 6.43. The first-order valence-electron chi connectivity index (χ1n) is 8.51.